The van der Waals surface area contributed by atoms with E-state index in [4.69, 9.17) is 15.3 Å². The molecule has 70 valence electrons. The summed E-state index contributed by atoms with van der Waals surface area (Å²) in [5.74, 6) is -4.21. The van der Waals surface area contributed by atoms with Crippen LogP contribution < -0.4 is 0 Å². The predicted octanol–water partition coefficient (Wildman–Crippen LogP) is -0.873. The SMILES string of the molecule is C=C(C(=O)OCCC)C(O)(O)O. The smallest absolute Gasteiger partial charge is 0.341 e. The van der Waals surface area contributed by atoms with Gasteiger partial charge in [-0.15, -0.1) is 0 Å². The highest BCUT2D eigenvalue weighted by Crippen LogP contribution is 2.08. The standard InChI is InChI=1S/C7H12O5/c1-3-4-12-6(8)5(2)7(9,10)11/h9-11H,2-4H2,1H3. The van der Waals surface area contributed by atoms with Gasteiger partial charge in [0.25, 0.3) is 0 Å². The van der Waals surface area contributed by atoms with Crippen molar-refractivity contribution in [2.24, 2.45) is 0 Å². The highest BCUT2D eigenvalue weighted by molar-refractivity contribution is 5.88. The minimum atomic E-state index is -3.19. The van der Waals surface area contributed by atoms with Gasteiger partial charge in [0.15, 0.2) is 0 Å². The maximum absolute atomic E-state index is 10.7. The van der Waals surface area contributed by atoms with Crippen molar-refractivity contribution in [3.8, 4) is 0 Å². The summed E-state index contributed by atoms with van der Waals surface area (Å²) in [6.07, 6.45) is 0.605. The molecule has 0 aromatic carbocycles. The van der Waals surface area contributed by atoms with Crippen molar-refractivity contribution in [2.75, 3.05) is 6.61 Å². The lowest BCUT2D eigenvalue weighted by molar-refractivity contribution is -0.282. The number of carbonyl (C=O) groups is 1. The van der Waals surface area contributed by atoms with Gasteiger partial charge < -0.3 is 20.1 Å². The second-order valence-corrected chi connectivity index (χ2v) is 2.25. The Balaban J connectivity index is 4.04. The van der Waals surface area contributed by atoms with Gasteiger partial charge in [-0.1, -0.05) is 13.5 Å². The van der Waals surface area contributed by atoms with Gasteiger partial charge in [0, 0.05) is 0 Å². The van der Waals surface area contributed by atoms with Crippen molar-refractivity contribution in [3.63, 3.8) is 0 Å². The molecule has 0 aliphatic rings. The Kier molecular flexibility index (Phi) is 3.88. The van der Waals surface area contributed by atoms with Gasteiger partial charge in [0.2, 0.25) is 0 Å². The largest absolute Gasteiger partial charge is 0.462 e. The van der Waals surface area contributed by atoms with Gasteiger partial charge in [0.1, 0.15) is 5.57 Å². The maximum Gasteiger partial charge on any atom is 0.341 e. The number of esters is 1. The Hall–Kier alpha value is -0.910. The monoisotopic (exact) mass is 176 g/mol. The van der Waals surface area contributed by atoms with Crippen LogP contribution in [-0.2, 0) is 9.53 Å². The zero-order valence-electron chi connectivity index (χ0n) is 6.78. The van der Waals surface area contributed by atoms with Gasteiger partial charge >= 0.3 is 11.9 Å². The molecule has 0 rings (SSSR count). The van der Waals surface area contributed by atoms with Crippen LogP contribution in [0.5, 0.6) is 0 Å². The molecule has 0 amide bonds. The first-order valence-corrected chi connectivity index (χ1v) is 3.43. The predicted molar refractivity (Wildman–Crippen MR) is 39.8 cm³/mol. The Bertz CT molecular complexity index is 179. The third-order valence-corrected chi connectivity index (χ3v) is 1.09. The van der Waals surface area contributed by atoms with E-state index >= 15 is 0 Å². The van der Waals surface area contributed by atoms with Gasteiger partial charge in [-0.2, -0.15) is 0 Å². The second kappa shape index (κ2) is 4.20. The summed E-state index contributed by atoms with van der Waals surface area (Å²) >= 11 is 0. The average molecular weight is 176 g/mol. The van der Waals surface area contributed by atoms with E-state index in [9.17, 15) is 4.79 Å². The Morgan fingerprint density at radius 2 is 2.00 bits per heavy atom. The van der Waals surface area contributed by atoms with Crippen LogP contribution in [0.1, 0.15) is 13.3 Å². The fourth-order valence-electron chi connectivity index (χ4n) is 0.419. The van der Waals surface area contributed by atoms with Crippen LogP contribution in [0.15, 0.2) is 12.2 Å². The zero-order chi connectivity index (χ0) is 9.78. The molecule has 0 aromatic heterocycles. The summed E-state index contributed by atoms with van der Waals surface area (Å²) in [7, 11) is 0. The fraction of sp³-hybridized carbons (Fsp3) is 0.571. The van der Waals surface area contributed by atoms with E-state index in [2.05, 4.69) is 11.3 Å². The minimum absolute atomic E-state index is 0.147. The highest BCUT2D eigenvalue weighted by atomic mass is 16.7. The molecule has 0 unspecified atom stereocenters. The molecule has 0 saturated heterocycles. The summed E-state index contributed by atoms with van der Waals surface area (Å²) in [5.41, 5.74) is -0.795. The lowest BCUT2D eigenvalue weighted by Crippen LogP contribution is -2.34. The number of aliphatic hydroxyl groups is 3. The van der Waals surface area contributed by atoms with E-state index in [1.807, 2.05) is 0 Å². The third-order valence-electron chi connectivity index (χ3n) is 1.09. The Morgan fingerprint density at radius 1 is 1.50 bits per heavy atom. The summed E-state index contributed by atoms with van der Waals surface area (Å²) in [6.45, 7) is 4.88. The van der Waals surface area contributed by atoms with E-state index in [-0.39, 0.29) is 6.61 Å². The van der Waals surface area contributed by atoms with Crippen LogP contribution in [0.2, 0.25) is 0 Å². The molecular formula is C7H12O5. The van der Waals surface area contributed by atoms with E-state index in [1.54, 1.807) is 6.92 Å². The number of hydrogen-bond acceptors (Lipinski definition) is 5. The van der Waals surface area contributed by atoms with E-state index in [0.717, 1.165) is 0 Å². The van der Waals surface area contributed by atoms with Crippen LogP contribution in [0, 0.1) is 0 Å². The lowest BCUT2D eigenvalue weighted by Gasteiger charge is -2.15. The molecule has 3 N–H and O–H groups in total. The quantitative estimate of drug-likeness (QED) is 0.294. The van der Waals surface area contributed by atoms with Gasteiger partial charge in [-0.3, -0.25) is 0 Å². The van der Waals surface area contributed by atoms with Gasteiger partial charge in [-0.05, 0) is 6.42 Å². The molecule has 0 bridgehead atoms. The topological polar surface area (TPSA) is 87.0 Å². The average Bonchev–Trinajstić information content (AvgIpc) is 1.97. The Labute approximate surface area is 69.9 Å². The fourth-order valence-corrected chi connectivity index (χ4v) is 0.419. The van der Waals surface area contributed by atoms with Crippen molar-refractivity contribution in [1.82, 2.24) is 0 Å². The van der Waals surface area contributed by atoms with Gasteiger partial charge in [0.05, 0.1) is 6.61 Å². The number of hydrogen-bond donors (Lipinski definition) is 3. The number of carbonyl (C=O) groups excluding carboxylic acids is 1. The molecule has 0 radical (unpaired) electrons. The molecule has 5 nitrogen and oxygen atoms in total. The third kappa shape index (κ3) is 3.47. The number of ether oxygens (including phenoxy) is 1. The van der Waals surface area contributed by atoms with Gasteiger partial charge in [-0.25, -0.2) is 4.79 Å². The first-order valence-electron chi connectivity index (χ1n) is 3.43. The summed E-state index contributed by atoms with van der Waals surface area (Å²) in [6, 6.07) is 0. The van der Waals surface area contributed by atoms with Crippen LogP contribution in [0.3, 0.4) is 0 Å². The van der Waals surface area contributed by atoms with Crippen molar-refractivity contribution in [2.45, 2.75) is 19.3 Å². The molecule has 0 spiro atoms. The van der Waals surface area contributed by atoms with E-state index in [0.29, 0.717) is 6.42 Å². The van der Waals surface area contributed by atoms with E-state index in [1.165, 1.54) is 0 Å². The molecule has 5 heteroatoms. The second-order valence-electron chi connectivity index (χ2n) is 2.25. The molecular weight excluding hydrogens is 164 g/mol. The lowest BCUT2D eigenvalue weighted by atomic mass is 10.2. The zero-order valence-corrected chi connectivity index (χ0v) is 6.78. The molecule has 0 aromatic rings. The van der Waals surface area contributed by atoms with Crippen molar-refractivity contribution >= 4 is 5.97 Å². The van der Waals surface area contributed by atoms with Crippen LogP contribution in [-0.4, -0.2) is 33.9 Å². The highest BCUT2D eigenvalue weighted by Gasteiger charge is 2.30. The van der Waals surface area contributed by atoms with Crippen LogP contribution in [0.25, 0.3) is 0 Å². The van der Waals surface area contributed by atoms with E-state index < -0.39 is 17.5 Å². The summed E-state index contributed by atoms with van der Waals surface area (Å²) < 4.78 is 4.46. The normalized spacial score (nSPS) is 11.0. The molecule has 0 aliphatic carbocycles. The molecule has 0 aliphatic heterocycles. The molecule has 0 heterocycles. The number of rotatable bonds is 4. The van der Waals surface area contributed by atoms with Crippen LogP contribution >= 0.6 is 0 Å². The first-order chi connectivity index (χ1) is 5.39. The molecule has 12 heavy (non-hydrogen) atoms. The van der Waals surface area contributed by atoms with Crippen molar-refractivity contribution in [3.05, 3.63) is 12.2 Å². The minimum Gasteiger partial charge on any atom is -0.462 e. The molecule has 0 atom stereocenters. The van der Waals surface area contributed by atoms with Crippen molar-refractivity contribution < 1.29 is 24.9 Å². The summed E-state index contributed by atoms with van der Waals surface area (Å²) in [4.78, 5) is 10.7. The maximum atomic E-state index is 10.7. The molecule has 0 fully saturated rings. The summed E-state index contributed by atoms with van der Waals surface area (Å²) in [5, 5.41) is 25.4. The van der Waals surface area contributed by atoms with Crippen LogP contribution in [0.4, 0.5) is 0 Å². The van der Waals surface area contributed by atoms with Crippen molar-refractivity contribution in [1.29, 1.82) is 0 Å². The Morgan fingerprint density at radius 3 is 2.33 bits per heavy atom. The first kappa shape index (κ1) is 11.1. The molecule has 0 saturated carbocycles.